The van der Waals surface area contributed by atoms with Crippen LogP contribution in [0.4, 0.5) is 6.01 Å². The first-order valence-electron chi connectivity index (χ1n) is 5.64. The van der Waals surface area contributed by atoms with E-state index >= 15 is 0 Å². The van der Waals surface area contributed by atoms with Crippen LogP contribution in [0.1, 0.15) is 6.42 Å². The molecule has 6 nitrogen and oxygen atoms in total. The van der Waals surface area contributed by atoms with E-state index < -0.39 is 14.3 Å². The summed E-state index contributed by atoms with van der Waals surface area (Å²) in [5.41, 5.74) is 1.10. The van der Waals surface area contributed by atoms with Gasteiger partial charge in [-0.1, -0.05) is 15.9 Å². The van der Waals surface area contributed by atoms with Crippen LogP contribution in [0.3, 0.4) is 0 Å². The highest BCUT2D eigenvalue weighted by Crippen LogP contribution is 2.29. The first kappa shape index (κ1) is 13.8. The molecule has 9 heteroatoms. The number of aromatic nitrogens is 1. The predicted molar refractivity (Wildman–Crippen MR) is 77.2 cm³/mol. The summed E-state index contributed by atoms with van der Waals surface area (Å²) in [7, 11) is 1.51. The molecule has 1 atom stereocenters. The third-order valence-electron chi connectivity index (χ3n) is 3.06. The Morgan fingerprint density at radius 2 is 2.20 bits per heavy atom. The third-order valence-corrected chi connectivity index (χ3v) is 5.42. The number of nitrogens with zero attached hydrogens (tertiary/aromatic N) is 2. The van der Waals surface area contributed by atoms with E-state index in [-0.39, 0.29) is 24.9 Å². The average Bonchev–Trinajstić information content (AvgIpc) is 2.90. The summed E-state index contributed by atoms with van der Waals surface area (Å²) in [5, 5.41) is -0.932. The number of fused-ring (bicyclic) bond motifs is 1. The molecule has 106 valence electrons. The van der Waals surface area contributed by atoms with Crippen LogP contribution >= 0.6 is 26.6 Å². The normalized spacial score (nSPS) is 20.0. The topological polar surface area (TPSA) is 80.5 Å². The molecule has 1 unspecified atom stereocenters. The summed E-state index contributed by atoms with van der Waals surface area (Å²) in [6, 6.07) is 5.34. The highest BCUT2D eigenvalue weighted by molar-refractivity contribution is 9.10. The number of carbonyl (C=O) groups is 1. The van der Waals surface area contributed by atoms with Gasteiger partial charge in [0.15, 0.2) is 5.58 Å². The Balaban J connectivity index is 1.97. The van der Waals surface area contributed by atoms with E-state index in [0.717, 1.165) is 4.47 Å². The molecule has 1 amide bonds. The van der Waals surface area contributed by atoms with Crippen LogP contribution in [-0.4, -0.2) is 31.1 Å². The van der Waals surface area contributed by atoms with Crippen molar-refractivity contribution in [3.63, 3.8) is 0 Å². The number of benzene rings is 1. The smallest absolute Gasteiger partial charge is 0.305 e. The molecule has 1 aliphatic rings. The SMILES string of the molecule is O=C1CC(S(=O)(=O)Cl)CN1c1nc2cc(Br)ccc2o1. The van der Waals surface area contributed by atoms with Gasteiger partial charge in [-0.2, -0.15) is 4.98 Å². The number of hydrogen-bond acceptors (Lipinski definition) is 5. The van der Waals surface area contributed by atoms with Crippen molar-refractivity contribution in [3.8, 4) is 0 Å². The summed E-state index contributed by atoms with van der Waals surface area (Å²) < 4.78 is 28.9. The summed E-state index contributed by atoms with van der Waals surface area (Å²) in [6.07, 6.45) is -0.158. The number of halogens is 2. The van der Waals surface area contributed by atoms with Gasteiger partial charge in [0.25, 0.3) is 0 Å². The van der Waals surface area contributed by atoms with Gasteiger partial charge in [-0.05, 0) is 18.2 Å². The number of rotatable bonds is 2. The van der Waals surface area contributed by atoms with Gasteiger partial charge < -0.3 is 4.42 Å². The van der Waals surface area contributed by atoms with Crippen molar-refractivity contribution >= 4 is 58.7 Å². The number of amides is 1. The van der Waals surface area contributed by atoms with Gasteiger partial charge in [0.2, 0.25) is 15.0 Å². The van der Waals surface area contributed by atoms with Gasteiger partial charge >= 0.3 is 6.01 Å². The molecule has 2 aromatic rings. The molecule has 1 aromatic carbocycles. The summed E-state index contributed by atoms with van der Waals surface area (Å²) in [4.78, 5) is 17.3. The molecule has 0 spiro atoms. The fraction of sp³-hybridized carbons (Fsp3) is 0.273. The molecule has 0 saturated carbocycles. The molecular formula is C11H8BrClN2O4S. The van der Waals surface area contributed by atoms with E-state index in [1.165, 1.54) is 4.90 Å². The van der Waals surface area contributed by atoms with E-state index in [4.69, 9.17) is 15.1 Å². The maximum absolute atomic E-state index is 11.9. The Bertz CT molecular complexity index is 804. The lowest BCUT2D eigenvalue weighted by Crippen LogP contribution is -2.26. The van der Waals surface area contributed by atoms with Crippen LogP contribution in [0.25, 0.3) is 11.1 Å². The van der Waals surface area contributed by atoms with Crippen molar-refractivity contribution < 1.29 is 17.6 Å². The average molecular weight is 380 g/mol. The van der Waals surface area contributed by atoms with Crippen LogP contribution in [0.5, 0.6) is 0 Å². The fourth-order valence-electron chi connectivity index (χ4n) is 2.05. The van der Waals surface area contributed by atoms with Crippen molar-refractivity contribution in [2.75, 3.05) is 11.4 Å². The van der Waals surface area contributed by atoms with Crippen LogP contribution in [0.2, 0.25) is 0 Å². The van der Waals surface area contributed by atoms with Crippen molar-refractivity contribution in [2.24, 2.45) is 0 Å². The summed E-state index contributed by atoms with van der Waals surface area (Å²) in [5.74, 6) is -0.371. The zero-order valence-electron chi connectivity index (χ0n) is 9.92. The molecule has 0 radical (unpaired) electrons. The quantitative estimate of drug-likeness (QED) is 0.748. The molecule has 1 saturated heterocycles. The lowest BCUT2D eigenvalue weighted by Gasteiger charge is -2.09. The maximum atomic E-state index is 11.9. The number of oxazole rings is 1. The second-order valence-electron chi connectivity index (χ2n) is 4.41. The zero-order valence-corrected chi connectivity index (χ0v) is 13.1. The fourth-order valence-corrected chi connectivity index (χ4v) is 3.43. The highest BCUT2D eigenvalue weighted by atomic mass is 79.9. The standard InChI is InChI=1S/C11H8BrClN2O4S/c12-6-1-2-9-8(3-6)14-11(19-9)15-5-7(4-10(15)16)20(13,17)18/h1-3,7H,4-5H2. The van der Waals surface area contributed by atoms with Gasteiger partial charge in [0.05, 0.1) is 0 Å². The first-order chi connectivity index (χ1) is 9.34. The van der Waals surface area contributed by atoms with Crippen LogP contribution < -0.4 is 4.90 Å². The van der Waals surface area contributed by atoms with Gasteiger partial charge in [0, 0.05) is 28.1 Å². The van der Waals surface area contributed by atoms with Crippen molar-refractivity contribution in [1.82, 2.24) is 4.98 Å². The molecule has 2 heterocycles. The van der Waals surface area contributed by atoms with Crippen LogP contribution in [0, 0.1) is 0 Å². The Morgan fingerprint density at radius 1 is 1.45 bits per heavy atom. The minimum atomic E-state index is -3.78. The van der Waals surface area contributed by atoms with Crippen molar-refractivity contribution in [3.05, 3.63) is 22.7 Å². The third kappa shape index (κ3) is 2.43. The molecular weight excluding hydrogens is 372 g/mol. The Labute approximate surface area is 127 Å². The Hall–Kier alpha value is -1.12. The summed E-state index contributed by atoms with van der Waals surface area (Å²) in [6.45, 7) is -0.0430. The molecule has 1 aromatic heterocycles. The van der Waals surface area contributed by atoms with Gasteiger partial charge in [-0.15, -0.1) is 0 Å². The second kappa shape index (κ2) is 4.71. The van der Waals surface area contributed by atoms with E-state index in [1.54, 1.807) is 18.2 Å². The maximum Gasteiger partial charge on any atom is 0.305 e. The van der Waals surface area contributed by atoms with Gasteiger partial charge in [0.1, 0.15) is 10.8 Å². The Kier molecular flexibility index (Phi) is 3.26. The van der Waals surface area contributed by atoms with E-state index in [2.05, 4.69) is 20.9 Å². The van der Waals surface area contributed by atoms with Gasteiger partial charge in [-0.25, -0.2) is 8.42 Å². The molecule has 1 aliphatic heterocycles. The minimum absolute atomic E-state index is 0.0430. The lowest BCUT2D eigenvalue weighted by atomic mass is 10.3. The zero-order chi connectivity index (χ0) is 14.5. The monoisotopic (exact) mass is 378 g/mol. The number of hydrogen-bond donors (Lipinski definition) is 0. The minimum Gasteiger partial charge on any atom is -0.423 e. The largest absolute Gasteiger partial charge is 0.423 e. The predicted octanol–water partition coefficient (Wildman–Crippen LogP) is 2.26. The number of anilines is 1. The van der Waals surface area contributed by atoms with Gasteiger partial charge in [-0.3, -0.25) is 9.69 Å². The molecule has 0 N–H and O–H groups in total. The van der Waals surface area contributed by atoms with E-state index in [1.807, 2.05) is 0 Å². The second-order valence-corrected chi connectivity index (χ2v) is 8.24. The Morgan fingerprint density at radius 3 is 2.85 bits per heavy atom. The molecule has 20 heavy (non-hydrogen) atoms. The van der Waals surface area contributed by atoms with Crippen LogP contribution in [0.15, 0.2) is 27.1 Å². The molecule has 1 fully saturated rings. The molecule has 0 bridgehead atoms. The van der Waals surface area contributed by atoms with Crippen LogP contribution in [-0.2, 0) is 13.8 Å². The lowest BCUT2D eigenvalue weighted by molar-refractivity contribution is -0.117. The van der Waals surface area contributed by atoms with Crippen molar-refractivity contribution in [2.45, 2.75) is 11.7 Å². The number of carbonyl (C=O) groups excluding carboxylic acids is 1. The first-order valence-corrected chi connectivity index (χ1v) is 8.81. The summed E-state index contributed by atoms with van der Waals surface area (Å²) >= 11 is 3.31. The highest BCUT2D eigenvalue weighted by Gasteiger charge is 2.40. The molecule has 3 rings (SSSR count). The van der Waals surface area contributed by atoms with Crippen molar-refractivity contribution in [1.29, 1.82) is 0 Å². The molecule has 0 aliphatic carbocycles. The van der Waals surface area contributed by atoms with E-state index in [9.17, 15) is 13.2 Å². The van der Waals surface area contributed by atoms with E-state index in [0.29, 0.717) is 11.1 Å².